The summed E-state index contributed by atoms with van der Waals surface area (Å²) in [6, 6.07) is 2.49. The minimum absolute atomic E-state index is 0.355. The van der Waals surface area contributed by atoms with E-state index in [4.69, 9.17) is 14.2 Å². The Morgan fingerprint density at radius 3 is 2.00 bits per heavy atom. The van der Waals surface area contributed by atoms with Crippen molar-refractivity contribution in [1.29, 1.82) is 0 Å². The van der Waals surface area contributed by atoms with Gasteiger partial charge >= 0.3 is 6.18 Å². The Bertz CT molecular complexity index is 506. The zero-order valence-electron chi connectivity index (χ0n) is 12.7. The molecule has 1 aromatic rings. The number of ether oxygens (including phenoxy) is 3. The number of alkyl halides is 3. The Kier molecular flexibility index (Phi) is 5.90. The Morgan fingerprint density at radius 2 is 1.64 bits per heavy atom. The summed E-state index contributed by atoms with van der Waals surface area (Å²) in [5.41, 5.74) is 0.532. The van der Waals surface area contributed by atoms with Crippen LogP contribution in [-0.4, -0.2) is 33.4 Å². The fourth-order valence-corrected chi connectivity index (χ4v) is 1.91. The van der Waals surface area contributed by atoms with Crippen LogP contribution in [-0.2, 0) is 4.79 Å². The summed E-state index contributed by atoms with van der Waals surface area (Å²) in [5.74, 6) is -0.0288. The van der Waals surface area contributed by atoms with Crippen LogP contribution in [0.3, 0.4) is 0 Å². The first-order chi connectivity index (χ1) is 10.2. The Hall–Kier alpha value is -2.12. The van der Waals surface area contributed by atoms with Crippen molar-refractivity contribution in [2.45, 2.75) is 25.6 Å². The van der Waals surface area contributed by atoms with Crippen LogP contribution in [0.5, 0.6) is 17.2 Å². The third-order valence-corrected chi connectivity index (χ3v) is 2.93. The number of hydrogen-bond donors (Lipinski definition) is 1. The van der Waals surface area contributed by atoms with Gasteiger partial charge < -0.3 is 19.5 Å². The normalized spacial score (nSPS) is 12.5. The molecule has 1 rings (SSSR count). The van der Waals surface area contributed by atoms with Crippen molar-refractivity contribution in [1.82, 2.24) is 5.32 Å². The number of rotatable bonds is 6. The first kappa shape index (κ1) is 17.9. The summed E-state index contributed by atoms with van der Waals surface area (Å²) in [7, 11) is 4.29. The molecule has 0 aliphatic rings. The van der Waals surface area contributed by atoms with Gasteiger partial charge in [0, 0.05) is 0 Å². The number of halogens is 3. The van der Waals surface area contributed by atoms with Crippen LogP contribution in [0, 0.1) is 0 Å². The Labute approximate surface area is 126 Å². The highest BCUT2D eigenvalue weighted by Crippen LogP contribution is 2.39. The van der Waals surface area contributed by atoms with Gasteiger partial charge in [-0.25, -0.2) is 0 Å². The molecule has 1 atom stereocenters. The molecule has 0 aliphatic carbocycles. The second-order valence-corrected chi connectivity index (χ2v) is 4.54. The van der Waals surface area contributed by atoms with Crippen molar-refractivity contribution >= 4 is 5.91 Å². The molecule has 0 heterocycles. The van der Waals surface area contributed by atoms with Crippen molar-refractivity contribution in [3.05, 3.63) is 17.7 Å². The lowest BCUT2D eigenvalue weighted by atomic mass is 10.1. The summed E-state index contributed by atoms with van der Waals surface area (Å²) < 4.78 is 52.0. The van der Waals surface area contributed by atoms with Crippen molar-refractivity contribution in [3.63, 3.8) is 0 Å². The molecule has 1 N–H and O–H groups in total. The van der Waals surface area contributed by atoms with Crippen molar-refractivity contribution in [3.8, 4) is 17.2 Å². The van der Waals surface area contributed by atoms with Crippen molar-refractivity contribution in [2.75, 3.05) is 21.3 Å². The third-order valence-electron chi connectivity index (χ3n) is 2.93. The molecule has 0 saturated carbocycles. The smallest absolute Gasteiger partial charge is 0.397 e. The van der Waals surface area contributed by atoms with Crippen LogP contribution in [0.25, 0.3) is 0 Å². The highest BCUT2D eigenvalue weighted by molar-refractivity contribution is 5.77. The number of carbonyl (C=O) groups is 1. The molecule has 0 radical (unpaired) electrons. The fraction of sp³-hybridized carbons (Fsp3) is 0.500. The standard InChI is InChI=1S/C14H18F3NO4/c1-8(18-12(19)7-14(15,16)17)9-5-10(20-2)13(22-4)11(6-9)21-3/h5-6,8H,7H2,1-4H3,(H,18,19). The van der Waals surface area contributed by atoms with E-state index in [0.717, 1.165) is 0 Å². The van der Waals surface area contributed by atoms with Crippen molar-refractivity contribution in [2.24, 2.45) is 0 Å². The zero-order valence-corrected chi connectivity index (χ0v) is 12.7. The maximum atomic E-state index is 12.2. The maximum absolute atomic E-state index is 12.2. The zero-order chi connectivity index (χ0) is 16.9. The van der Waals surface area contributed by atoms with E-state index < -0.39 is 24.5 Å². The number of hydrogen-bond acceptors (Lipinski definition) is 4. The molecular weight excluding hydrogens is 303 g/mol. The molecule has 0 aliphatic heterocycles. The van der Waals surface area contributed by atoms with Crippen LogP contribution >= 0.6 is 0 Å². The monoisotopic (exact) mass is 321 g/mol. The van der Waals surface area contributed by atoms with Gasteiger partial charge in [-0.15, -0.1) is 0 Å². The average molecular weight is 321 g/mol. The second kappa shape index (κ2) is 7.24. The Morgan fingerprint density at radius 1 is 1.14 bits per heavy atom. The van der Waals surface area contributed by atoms with Crippen molar-refractivity contribution < 1.29 is 32.2 Å². The number of methoxy groups -OCH3 is 3. The van der Waals surface area contributed by atoms with Gasteiger partial charge in [0.15, 0.2) is 11.5 Å². The van der Waals surface area contributed by atoms with E-state index in [2.05, 4.69) is 5.32 Å². The van der Waals surface area contributed by atoms with Gasteiger partial charge in [-0.05, 0) is 24.6 Å². The molecule has 0 aromatic heterocycles. The van der Waals surface area contributed by atoms with E-state index in [-0.39, 0.29) is 0 Å². The van der Waals surface area contributed by atoms with E-state index in [1.54, 1.807) is 19.1 Å². The van der Waals surface area contributed by atoms with Gasteiger partial charge in [0.2, 0.25) is 11.7 Å². The number of nitrogens with one attached hydrogen (secondary N) is 1. The summed E-state index contributed by atoms with van der Waals surface area (Å²) in [4.78, 5) is 11.4. The molecular formula is C14H18F3NO4. The Balaban J connectivity index is 2.98. The average Bonchev–Trinajstić information content (AvgIpc) is 2.43. The molecule has 5 nitrogen and oxygen atoms in total. The van der Waals surface area contributed by atoms with E-state index in [0.29, 0.717) is 22.8 Å². The highest BCUT2D eigenvalue weighted by Gasteiger charge is 2.31. The molecule has 1 aromatic carbocycles. The number of amides is 1. The number of carbonyl (C=O) groups excluding carboxylic acids is 1. The summed E-state index contributed by atoms with van der Waals surface area (Å²) in [6.07, 6.45) is -6.07. The van der Waals surface area contributed by atoms with Gasteiger partial charge in [-0.3, -0.25) is 4.79 Å². The van der Waals surface area contributed by atoms with Crippen LogP contribution in [0.2, 0.25) is 0 Å². The first-order valence-electron chi connectivity index (χ1n) is 6.37. The minimum Gasteiger partial charge on any atom is -0.493 e. The molecule has 1 amide bonds. The fourth-order valence-electron chi connectivity index (χ4n) is 1.91. The number of benzene rings is 1. The van der Waals surface area contributed by atoms with Gasteiger partial charge in [-0.1, -0.05) is 0 Å². The molecule has 1 unspecified atom stereocenters. The SMILES string of the molecule is COc1cc(C(C)NC(=O)CC(F)(F)F)cc(OC)c1OC. The predicted octanol–water partition coefficient (Wildman–Crippen LogP) is 2.84. The minimum atomic E-state index is -4.54. The van der Waals surface area contributed by atoms with Gasteiger partial charge in [0.25, 0.3) is 0 Å². The summed E-state index contributed by atoms with van der Waals surface area (Å²) >= 11 is 0. The third kappa shape index (κ3) is 4.71. The second-order valence-electron chi connectivity index (χ2n) is 4.54. The summed E-state index contributed by atoms with van der Waals surface area (Å²) in [5, 5.41) is 2.28. The lowest BCUT2D eigenvalue weighted by molar-refractivity contribution is -0.154. The largest absolute Gasteiger partial charge is 0.493 e. The van der Waals surface area contributed by atoms with E-state index in [1.165, 1.54) is 21.3 Å². The van der Waals surface area contributed by atoms with E-state index in [1.807, 2.05) is 0 Å². The van der Waals surface area contributed by atoms with Crippen LogP contribution < -0.4 is 19.5 Å². The quantitative estimate of drug-likeness (QED) is 0.875. The molecule has 124 valence electrons. The lowest BCUT2D eigenvalue weighted by Crippen LogP contribution is -2.30. The van der Waals surface area contributed by atoms with E-state index >= 15 is 0 Å². The van der Waals surface area contributed by atoms with Crippen LogP contribution in [0.1, 0.15) is 24.9 Å². The van der Waals surface area contributed by atoms with Gasteiger partial charge in [0.1, 0.15) is 6.42 Å². The molecule has 0 bridgehead atoms. The van der Waals surface area contributed by atoms with Crippen LogP contribution in [0.4, 0.5) is 13.2 Å². The molecule has 8 heteroatoms. The first-order valence-corrected chi connectivity index (χ1v) is 6.37. The molecule has 0 spiro atoms. The predicted molar refractivity (Wildman–Crippen MR) is 73.3 cm³/mol. The van der Waals surface area contributed by atoms with Crippen LogP contribution in [0.15, 0.2) is 12.1 Å². The molecule has 22 heavy (non-hydrogen) atoms. The van der Waals surface area contributed by atoms with Gasteiger partial charge in [0.05, 0.1) is 27.4 Å². The maximum Gasteiger partial charge on any atom is 0.397 e. The van der Waals surface area contributed by atoms with Gasteiger partial charge in [-0.2, -0.15) is 13.2 Å². The lowest BCUT2D eigenvalue weighted by Gasteiger charge is -2.19. The molecule has 0 saturated heterocycles. The highest BCUT2D eigenvalue weighted by atomic mass is 19.4. The topological polar surface area (TPSA) is 56.8 Å². The summed E-state index contributed by atoms with van der Waals surface area (Å²) in [6.45, 7) is 1.56. The van der Waals surface area contributed by atoms with E-state index in [9.17, 15) is 18.0 Å². The molecule has 0 fully saturated rings.